The number of aryl methyl sites for hydroxylation is 1. The standard InChI is InChI=1S/C18H15N5O2/c1-11-13(12-5-2-3-6-14(12)20-11)10-19-23-18(24)16-9-15(21-22-16)17-7-4-8-25-17/h2-10,20H,1H3,(H,21,22)(H,23,24)/b19-10+. The Morgan fingerprint density at radius 2 is 2.16 bits per heavy atom. The lowest BCUT2D eigenvalue weighted by Gasteiger charge is -1.96. The summed E-state index contributed by atoms with van der Waals surface area (Å²) in [5, 5.41) is 11.8. The molecule has 0 saturated heterocycles. The van der Waals surface area contributed by atoms with Crippen molar-refractivity contribution in [3.8, 4) is 11.5 Å². The van der Waals surface area contributed by atoms with Crippen LogP contribution in [0.3, 0.4) is 0 Å². The number of rotatable bonds is 4. The molecule has 0 bridgehead atoms. The fourth-order valence-corrected chi connectivity index (χ4v) is 2.67. The van der Waals surface area contributed by atoms with E-state index in [1.54, 1.807) is 30.7 Å². The number of carbonyl (C=O) groups is 1. The Morgan fingerprint density at radius 3 is 3.00 bits per heavy atom. The largest absolute Gasteiger partial charge is 0.463 e. The summed E-state index contributed by atoms with van der Waals surface area (Å²) < 4.78 is 5.26. The van der Waals surface area contributed by atoms with Crippen molar-refractivity contribution in [3.63, 3.8) is 0 Å². The van der Waals surface area contributed by atoms with E-state index in [1.807, 2.05) is 31.2 Å². The van der Waals surface area contributed by atoms with E-state index in [-0.39, 0.29) is 5.69 Å². The minimum atomic E-state index is -0.400. The first-order chi connectivity index (χ1) is 12.2. The van der Waals surface area contributed by atoms with Crippen LogP contribution in [0.5, 0.6) is 0 Å². The van der Waals surface area contributed by atoms with E-state index in [4.69, 9.17) is 4.42 Å². The van der Waals surface area contributed by atoms with Crippen molar-refractivity contribution in [2.24, 2.45) is 5.10 Å². The van der Waals surface area contributed by atoms with Gasteiger partial charge in [0.25, 0.3) is 5.91 Å². The highest BCUT2D eigenvalue weighted by atomic mass is 16.3. The molecule has 0 fully saturated rings. The minimum absolute atomic E-state index is 0.235. The van der Waals surface area contributed by atoms with Crippen LogP contribution in [-0.2, 0) is 0 Å². The van der Waals surface area contributed by atoms with Gasteiger partial charge < -0.3 is 9.40 Å². The summed E-state index contributed by atoms with van der Waals surface area (Å²) in [4.78, 5) is 15.4. The number of hydrazone groups is 1. The molecule has 0 atom stereocenters. The number of fused-ring (bicyclic) bond motifs is 1. The van der Waals surface area contributed by atoms with Gasteiger partial charge in [-0.2, -0.15) is 10.2 Å². The van der Waals surface area contributed by atoms with Gasteiger partial charge in [-0.25, -0.2) is 5.43 Å². The Bertz CT molecular complexity index is 1060. The molecule has 1 aromatic carbocycles. The second-order valence-corrected chi connectivity index (χ2v) is 5.55. The maximum Gasteiger partial charge on any atom is 0.291 e. The van der Waals surface area contributed by atoms with Crippen molar-refractivity contribution < 1.29 is 9.21 Å². The molecule has 7 heteroatoms. The summed E-state index contributed by atoms with van der Waals surface area (Å²) in [5.41, 5.74) is 6.31. The molecule has 3 N–H and O–H groups in total. The molecule has 0 spiro atoms. The third-order valence-corrected chi connectivity index (χ3v) is 3.90. The second kappa shape index (κ2) is 6.12. The quantitative estimate of drug-likeness (QED) is 0.395. The van der Waals surface area contributed by atoms with Crippen LogP contribution in [-0.4, -0.2) is 27.3 Å². The van der Waals surface area contributed by atoms with Crippen LogP contribution >= 0.6 is 0 Å². The molecule has 0 aliphatic heterocycles. The van der Waals surface area contributed by atoms with Crippen molar-refractivity contribution in [2.75, 3.05) is 0 Å². The summed E-state index contributed by atoms with van der Waals surface area (Å²) >= 11 is 0. The fourth-order valence-electron chi connectivity index (χ4n) is 2.67. The number of carbonyl (C=O) groups excluding carboxylic acids is 1. The summed E-state index contributed by atoms with van der Waals surface area (Å²) in [5.74, 6) is 0.215. The average Bonchev–Trinajstić information content (AvgIpc) is 3.34. The molecule has 0 saturated carbocycles. The topological polar surface area (TPSA) is 99.1 Å². The average molecular weight is 333 g/mol. The van der Waals surface area contributed by atoms with Gasteiger partial charge in [-0.3, -0.25) is 9.89 Å². The number of amides is 1. The minimum Gasteiger partial charge on any atom is -0.463 e. The highest BCUT2D eigenvalue weighted by molar-refractivity contribution is 6.01. The SMILES string of the molecule is Cc1[nH]c2ccccc2c1/C=N/NC(=O)c1cc(-c2ccco2)[nH]n1. The number of aromatic nitrogens is 3. The normalized spacial score (nSPS) is 11.4. The molecule has 25 heavy (non-hydrogen) atoms. The molecule has 0 radical (unpaired) electrons. The van der Waals surface area contributed by atoms with E-state index in [0.29, 0.717) is 11.5 Å². The molecule has 0 aliphatic carbocycles. The lowest BCUT2D eigenvalue weighted by molar-refractivity contribution is 0.0950. The van der Waals surface area contributed by atoms with Gasteiger partial charge in [0.05, 0.1) is 12.5 Å². The number of hydrogen-bond donors (Lipinski definition) is 3. The molecule has 4 rings (SSSR count). The summed E-state index contributed by atoms with van der Waals surface area (Å²) in [6.45, 7) is 1.96. The first-order valence-electron chi connectivity index (χ1n) is 7.72. The van der Waals surface area contributed by atoms with E-state index < -0.39 is 5.91 Å². The summed E-state index contributed by atoms with van der Waals surface area (Å²) in [6.07, 6.45) is 3.19. The Balaban J connectivity index is 1.50. The molecular weight excluding hydrogens is 318 g/mol. The zero-order chi connectivity index (χ0) is 17.2. The third kappa shape index (κ3) is 2.83. The van der Waals surface area contributed by atoms with Crippen molar-refractivity contribution in [1.29, 1.82) is 0 Å². The molecule has 0 unspecified atom stereocenters. The molecule has 3 heterocycles. The van der Waals surface area contributed by atoms with Crippen LogP contribution in [0.15, 0.2) is 58.2 Å². The van der Waals surface area contributed by atoms with Gasteiger partial charge in [0.15, 0.2) is 11.5 Å². The summed E-state index contributed by atoms with van der Waals surface area (Å²) in [6, 6.07) is 13.1. The summed E-state index contributed by atoms with van der Waals surface area (Å²) in [7, 11) is 0. The van der Waals surface area contributed by atoms with E-state index in [9.17, 15) is 4.79 Å². The van der Waals surface area contributed by atoms with Crippen molar-refractivity contribution >= 4 is 23.0 Å². The number of para-hydroxylation sites is 1. The van der Waals surface area contributed by atoms with E-state index >= 15 is 0 Å². The fraction of sp³-hybridized carbons (Fsp3) is 0.0556. The number of furan rings is 1. The number of nitrogens with one attached hydrogen (secondary N) is 3. The van der Waals surface area contributed by atoms with Gasteiger partial charge in [-0.1, -0.05) is 18.2 Å². The Morgan fingerprint density at radius 1 is 1.28 bits per heavy atom. The van der Waals surface area contributed by atoms with Crippen LogP contribution in [0.4, 0.5) is 0 Å². The number of nitrogens with zero attached hydrogens (tertiary/aromatic N) is 2. The van der Waals surface area contributed by atoms with Gasteiger partial charge >= 0.3 is 0 Å². The maximum atomic E-state index is 12.2. The van der Waals surface area contributed by atoms with Crippen molar-refractivity contribution in [1.82, 2.24) is 20.6 Å². The number of H-pyrrole nitrogens is 2. The molecule has 124 valence electrons. The molecule has 4 aromatic rings. The number of benzene rings is 1. The van der Waals surface area contributed by atoms with E-state index in [2.05, 4.69) is 25.7 Å². The second-order valence-electron chi connectivity index (χ2n) is 5.55. The predicted molar refractivity (Wildman–Crippen MR) is 94.4 cm³/mol. The van der Waals surface area contributed by atoms with Gasteiger partial charge in [0, 0.05) is 28.2 Å². The lowest BCUT2D eigenvalue weighted by Crippen LogP contribution is -2.18. The van der Waals surface area contributed by atoms with Crippen molar-refractivity contribution in [2.45, 2.75) is 6.92 Å². The maximum absolute atomic E-state index is 12.2. The zero-order valence-electron chi connectivity index (χ0n) is 13.4. The smallest absolute Gasteiger partial charge is 0.291 e. The molecule has 7 nitrogen and oxygen atoms in total. The molecule has 1 amide bonds. The van der Waals surface area contributed by atoms with Crippen LogP contribution in [0, 0.1) is 6.92 Å². The highest BCUT2D eigenvalue weighted by Gasteiger charge is 2.12. The van der Waals surface area contributed by atoms with Gasteiger partial charge in [0.2, 0.25) is 0 Å². The first kappa shape index (κ1) is 14.9. The van der Waals surface area contributed by atoms with E-state index in [0.717, 1.165) is 22.2 Å². The van der Waals surface area contributed by atoms with Crippen molar-refractivity contribution in [3.05, 3.63) is 65.7 Å². The van der Waals surface area contributed by atoms with Gasteiger partial charge in [-0.05, 0) is 25.1 Å². The Kier molecular flexibility index (Phi) is 3.66. The zero-order valence-corrected chi connectivity index (χ0v) is 13.4. The van der Waals surface area contributed by atoms with Crippen LogP contribution in [0.25, 0.3) is 22.4 Å². The Labute approximate surface area is 142 Å². The van der Waals surface area contributed by atoms with Crippen LogP contribution < -0.4 is 5.43 Å². The highest BCUT2D eigenvalue weighted by Crippen LogP contribution is 2.20. The third-order valence-electron chi connectivity index (χ3n) is 3.90. The first-order valence-corrected chi connectivity index (χ1v) is 7.72. The van der Waals surface area contributed by atoms with Gasteiger partial charge in [0.1, 0.15) is 5.69 Å². The lowest BCUT2D eigenvalue weighted by atomic mass is 10.1. The van der Waals surface area contributed by atoms with E-state index in [1.165, 1.54) is 0 Å². The monoisotopic (exact) mass is 333 g/mol. The molecule has 0 aliphatic rings. The van der Waals surface area contributed by atoms with Gasteiger partial charge in [-0.15, -0.1) is 0 Å². The molecular formula is C18H15N5O2. The predicted octanol–water partition coefficient (Wildman–Crippen LogP) is 3.22. The van der Waals surface area contributed by atoms with Crippen LogP contribution in [0.1, 0.15) is 21.7 Å². The van der Waals surface area contributed by atoms with Crippen LogP contribution in [0.2, 0.25) is 0 Å². The molecule has 3 aromatic heterocycles. The number of aromatic amines is 2. The number of hydrogen-bond acceptors (Lipinski definition) is 4. The Hall–Kier alpha value is -3.61.